The number of carbonyl (C=O) groups excluding carboxylic acids is 1. The molecule has 1 aliphatic heterocycles. The number of hydrogen-bond acceptors (Lipinski definition) is 3. The molecule has 0 saturated carbocycles. The Morgan fingerprint density at radius 3 is 2.30 bits per heavy atom. The Kier molecular flexibility index (Phi) is 7.11. The molecule has 1 aromatic heterocycles. The van der Waals surface area contributed by atoms with Gasteiger partial charge in [-0.15, -0.1) is 0 Å². The third kappa shape index (κ3) is 5.70. The van der Waals surface area contributed by atoms with Crippen LogP contribution >= 0.6 is 0 Å². The molecule has 2 heterocycles. The van der Waals surface area contributed by atoms with Gasteiger partial charge in [0.15, 0.2) is 0 Å². The number of amides is 1. The molecule has 3 rings (SSSR count). The predicted octanol–water partition coefficient (Wildman–Crippen LogP) is 4.64. The first-order chi connectivity index (χ1) is 13.2. The van der Waals surface area contributed by atoms with Gasteiger partial charge in [-0.3, -0.25) is 9.69 Å². The smallest absolute Gasteiger partial charge is 0.235 e. The minimum atomic E-state index is -0.113. The van der Waals surface area contributed by atoms with Crippen LogP contribution in [0.4, 0.5) is 0 Å². The van der Waals surface area contributed by atoms with E-state index in [9.17, 15) is 4.79 Å². The molecule has 1 N–H and O–H groups in total. The highest BCUT2D eigenvalue weighted by Gasteiger charge is 2.29. The summed E-state index contributed by atoms with van der Waals surface area (Å²) in [6, 6.07) is 13.1. The van der Waals surface area contributed by atoms with Gasteiger partial charge in [-0.2, -0.15) is 0 Å². The van der Waals surface area contributed by atoms with Crippen LogP contribution in [0.5, 0.6) is 0 Å². The molecule has 0 bridgehead atoms. The van der Waals surface area contributed by atoms with Crippen LogP contribution in [-0.2, 0) is 24.1 Å². The summed E-state index contributed by atoms with van der Waals surface area (Å²) in [5, 5.41) is 2.94. The number of likely N-dealkylation sites (N-methyl/N-ethyl adjacent to an activating group) is 1. The van der Waals surface area contributed by atoms with E-state index < -0.39 is 0 Å². The van der Waals surface area contributed by atoms with Crippen LogP contribution in [-0.4, -0.2) is 24.4 Å². The van der Waals surface area contributed by atoms with E-state index in [1.54, 1.807) is 0 Å². The van der Waals surface area contributed by atoms with Gasteiger partial charge in [0, 0.05) is 6.42 Å². The number of carbonyl (C=O) groups is 1. The Bertz CT molecular complexity index is 720. The van der Waals surface area contributed by atoms with E-state index >= 15 is 0 Å². The zero-order valence-electron chi connectivity index (χ0n) is 16.7. The van der Waals surface area contributed by atoms with E-state index in [0.717, 1.165) is 30.8 Å². The summed E-state index contributed by atoms with van der Waals surface area (Å²) in [6.07, 6.45) is 9.40. The fourth-order valence-corrected chi connectivity index (χ4v) is 3.69. The average molecular weight is 369 g/mol. The molecule has 1 aromatic carbocycles. The van der Waals surface area contributed by atoms with Gasteiger partial charge < -0.3 is 9.73 Å². The Morgan fingerprint density at radius 1 is 0.963 bits per heavy atom. The standard InChI is InChI=1S/C23H32N2O2/c1-3-18-11-13-19(14-12-18)9-7-5-4-6-8-10-20-15-16-21(27-20)23-24-22(26)17-25(23)2/h11-16,23H,3-10,17H2,1-2H3,(H,24,26). The SMILES string of the molecule is CCc1ccc(CCCCCCCc2ccc(C3NC(=O)CN3C)o2)cc1. The lowest BCUT2D eigenvalue weighted by molar-refractivity contribution is -0.118. The van der Waals surface area contributed by atoms with Crippen LogP contribution in [0.15, 0.2) is 40.8 Å². The summed E-state index contributed by atoms with van der Waals surface area (Å²) in [5.74, 6) is 1.92. The lowest BCUT2D eigenvalue weighted by Gasteiger charge is -2.15. The lowest BCUT2D eigenvalue weighted by atomic mass is 10.0. The Balaban J connectivity index is 1.29. The first-order valence-electron chi connectivity index (χ1n) is 10.3. The van der Waals surface area contributed by atoms with Gasteiger partial charge in [0.2, 0.25) is 5.91 Å². The summed E-state index contributed by atoms with van der Waals surface area (Å²) in [6.45, 7) is 2.63. The fraction of sp³-hybridized carbons (Fsp3) is 0.522. The number of benzene rings is 1. The average Bonchev–Trinajstić information content (AvgIpc) is 3.27. The molecule has 1 unspecified atom stereocenters. The maximum absolute atomic E-state index is 11.5. The molecule has 27 heavy (non-hydrogen) atoms. The van der Waals surface area contributed by atoms with E-state index in [1.807, 2.05) is 24.1 Å². The molecule has 1 amide bonds. The zero-order chi connectivity index (χ0) is 19.1. The summed E-state index contributed by atoms with van der Waals surface area (Å²) in [4.78, 5) is 13.4. The molecule has 0 spiro atoms. The molecule has 0 aliphatic carbocycles. The fourth-order valence-electron chi connectivity index (χ4n) is 3.69. The van der Waals surface area contributed by atoms with E-state index in [1.165, 1.54) is 43.2 Å². The normalized spacial score (nSPS) is 17.4. The highest BCUT2D eigenvalue weighted by Crippen LogP contribution is 2.23. The molecule has 2 aromatic rings. The second kappa shape index (κ2) is 9.75. The molecular weight excluding hydrogens is 336 g/mol. The van der Waals surface area contributed by atoms with Crippen LogP contribution < -0.4 is 5.32 Å². The second-order valence-corrected chi connectivity index (χ2v) is 7.63. The monoisotopic (exact) mass is 368 g/mol. The Labute approximate surface area is 162 Å². The van der Waals surface area contributed by atoms with E-state index in [-0.39, 0.29) is 12.1 Å². The van der Waals surface area contributed by atoms with Gasteiger partial charge in [-0.25, -0.2) is 0 Å². The van der Waals surface area contributed by atoms with Crippen molar-refractivity contribution in [3.63, 3.8) is 0 Å². The highest BCUT2D eigenvalue weighted by atomic mass is 16.3. The van der Waals surface area contributed by atoms with Crippen LogP contribution in [0.25, 0.3) is 0 Å². The van der Waals surface area contributed by atoms with Gasteiger partial charge in [-0.1, -0.05) is 50.5 Å². The number of furan rings is 1. The summed E-state index contributed by atoms with van der Waals surface area (Å²) >= 11 is 0. The number of nitrogens with zero attached hydrogens (tertiary/aromatic N) is 1. The maximum Gasteiger partial charge on any atom is 0.235 e. The molecule has 4 nitrogen and oxygen atoms in total. The maximum atomic E-state index is 11.5. The second-order valence-electron chi connectivity index (χ2n) is 7.63. The van der Waals surface area contributed by atoms with Crippen molar-refractivity contribution in [2.75, 3.05) is 13.6 Å². The molecule has 4 heteroatoms. The summed E-state index contributed by atoms with van der Waals surface area (Å²) < 4.78 is 5.93. The van der Waals surface area contributed by atoms with Crippen molar-refractivity contribution < 1.29 is 9.21 Å². The summed E-state index contributed by atoms with van der Waals surface area (Å²) in [5.41, 5.74) is 2.88. The minimum absolute atomic E-state index is 0.0572. The zero-order valence-corrected chi connectivity index (χ0v) is 16.7. The van der Waals surface area contributed by atoms with Crippen molar-refractivity contribution in [3.8, 4) is 0 Å². The first kappa shape index (κ1) is 19.7. The van der Waals surface area contributed by atoms with Crippen molar-refractivity contribution >= 4 is 5.91 Å². The number of nitrogens with one attached hydrogen (secondary N) is 1. The number of hydrogen-bond donors (Lipinski definition) is 1. The van der Waals surface area contributed by atoms with Crippen LogP contribution in [0.2, 0.25) is 0 Å². The van der Waals surface area contributed by atoms with Crippen molar-refractivity contribution in [1.82, 2.24) is 10.2 Å². The molecule has 1 atom stereocenters. The topological polar surface area (TPSA) is 45.5 Å². The van der Waals surface area contributed by atoms with Gasteiger partial charge in [0.25, 0.3) is 0 Å². The van der Waals surface area contributed by atoms with Crippen molar-refractivity contribution in [2.45, 2.75) is 64.5 Å². The number of unbranched alkanes of at least 4 members (excludes halogenated alkanes) is 4. The van der Waals surface area contributed by atoms with Crippen LogP contribution in [0.1, 0.15) is 67.8 Å². The predicted molar refractivity (Wildman–Crippen MR) is 109 cm³/mol. The van der Waals surface area contributed by atoms with Crippen LogP contribution in [0, 0.1) is 0 Å². The molecule has 1 aliphatic rings. The van der Waals surface area contributed by atoms with Crippen molar-refractivity contribution in [1.29, 1.82) is 0 Å². The number of aryl methyl sites for hydroxylation is 3. The van der Waals surface area contributed by atoms with Gasteiger partial charge in [0.1, 0.15) is 17.7 Å². The first-order valence-corrected chi connectivity index (χ1v) is 10.3. The van der Waals surface area contributed by atoms with E-state index in [4.69, 9.17) is 4.42 Å². The molecular formula is C23H32N2O2. The molecule has 1 saturated heterocycles. The van der Waals surface area contributed by atoms with Gasteiger partial charge in [0.05, 0.1) is 6.54 Å². The quantitative estimate of drug-likeness (QED) is 0.622. The highest BCUT2D eigenvalue weighted by molar-refractivity contribution is 5.80. The van der Waals surface area contributed by atoms with E-state index in [0.29, 0.717) is 6.54 Å². The third-order valence-electron chi connectivity index (χ3n) is 5.40. The largest absolute Gasteiger partial charge is 0.462 e. The third-order valence-corrected chi connectivity index (χ3v) is 5.40. The van der Waals surface area contributed by atoms with Crippen molar-refractivity contribution in [2.24, 2.45) is 0 Å². The molecule has 146 valence electrons. The van der Waals surface area contributed by atoms with Crippen LogP contribution in [0.3, 0.4) is 0 Å². The molecule has 0 radical (unpaired) electrons. The molecule has 1 fully saturated rings. The van der Waals surface area contributed by atoms with E-state index in [2.05, 4.69) is 36.5 Å². The van der Waals surface area contributed by atoms with Crippen molar-refractivity contribution in [3.05, 3.63) is 59.0 Å². The van der Waals surface area contributed by atoms with Gasteiger partial charge >= 0.3 is 0 Å². The Hall–Kier alpha value is -2.07. The summed E-state index contributed by atoms with van der Waals surface area (Å²) in [7, 11) is 1.93. The number of rotatable bonds is 10. The lowest BCUT2D eigenvalue weighted by Crippen LogP contribution is -2.23. The van der Waals surface area contributed by atoms with Gasteiger partial charge in [-0.05, 0) is 56.0 Å². The minimum Gasteiger partial charge on any atom is -0.462 e. The Morgan fingerprint density at radius 2 is 1.63 bits per heavy atom.